The molecule has 2 aliphatic rings. The van der Waals surface area contributed by atoms with E-state index in [0.717, 1.165) is 12.8 Å². The number of nitrogens with zero attached hydrogens (tertiary/aromatic N) is 3. The molecule has 2 heterocycles. The average molecular weight is 283 g/mol. The topological polar surface area (TPSA) is 64.1 Å². The highest BCUT2D eigenvalue weighted by atomic mass is 16.3. The van der Waals surface area contributed by atoms with Crippen molar-refractivity contribution < 1.29 is 14.7 Å². The van der Waals surface area contributed by atoms with E-state index in [1.165, 1.54) is 6.92 Å². The van der Waals surface area contributed by atoms with Crippen LogP contribution < -0.4 is 0 Å². The van der Waals surface area contributed by atoms with Gasteiger partial charge in [0.1, 0.15) is 6.04 Å². The van der Waals surface area contributed by atoms with Gasteiger partial charge in [-0.05, 0) is 33.4 Å². The maximum absolute atomic E-state index is 12.5. The van der Waals surface area contributed by atoms with E-state index >= 15 is 0 Å². The molecule has 0 aromatic carbocycles. The number of β-amino-alcohol motifs (C(OH)–C–C–N with tert-alkyl or cyclic N) is 1. The third-order valence-electron chi connectivity index (χ3n) is 4.20. The van der Waals surface area contributed by atoms with Crippen molar-refractivity contribution >= 4 is 11.8 Å². The van der Waals surface area contributed by atoms with Gasteiger partial charge in [-0.1, -0.05) is 0 Å². The van der Waals surface area contributed by atoms with Gasteiger partial charge in [0.2, 0.25) is 11.8 Å². The number of carbonyl (C=O) groups is 2. The number of likely N-dealkylation sites (tertiary alicyclic amines) is 2. The molecule has 2 rings (SSSR count). The molecule has 1 N–H and O–H groups in total. The van der Waals surface area contributed by atoms with Crippen LogP contribution in [0.3, 0.4) is 0 Å². The Morgan fingerprint density at radius 1 is 1.35 bits per heavy atom. The predicted octanol–water partition coefficient (Wildman–Crippen LogP) is -0.478. The Bertz CT molecular complexity index is 399. The molecule has 0 aromatic rings. The summed E-state index contributed by atoms with van der Waals surface area (Å²) in [5.74, 6) is -0.0454. The fourth-order valence-corrected chi connectivity index (χ4v) is 3.37. The Hall–Kier alpha value is -1.14. The first-order valence-corrected chi connectivity index (χ1v) is 7.25. The van der Waals surface area contributed by atoms with Gasteiger partial charge in [-0.2, -0.15) is 0 Å². The van der Waals surface area contributed by atoms with Crippen LogP contribution in [0.25, 0.3) is 0 Å². The summed E-state index contributed by atoms with van der Waals surface area (Å²) < 4.78 is 0. The van der Waals surface area contributed by atoms with Gasteiger partial charge in [-0.3, -0.25) is 9.59 Å². The van der Waals surface area contributed by atoms with Crippen LogP contribution in [0.4, 0.5) is 0 Å². The second-order valence-electron chi connectivity index (χ2n) is 6.34. The van der Waals surface area contributed by atoms with E-state index in [1.807, 2.05) is 19.0 Å². The van der Waals surface area contributed by atoms with Crippen LogP contribution in [0, 0.1) is 0 Å². The minimum Gasteiger partial charge on any atom is -0.387 e. The van der Waals surface area contributed by atoms with Crippen LogP contribution in [0.1, 0.15) is 26.2 Å². The average Bonchev–Trinajstić information content (AvgIpc) is 2.93. The Balaban J connectivity index is 1.99. The molecule has 6 heteroatoms. The van der Waals surface area contributed by atoms with Crippen molar-refractivity contribution in [2.24, 2.45) is 0 Å². The number of likely N-dealkylation sites (N-methyl/N-ethyl adjacent to an activating group) is 1. The van der Waals surface area contributed by atoms with Crippen molar-refractivity contribution in [3.63, 3.8) is 0 Å². The quantitative estimate of drug-likeness (QED) is 0.760. The standard InChI is InChI=1S/C14H25N3O3/c1-11(18)17-7-4-5-12(17)13(19)16-8-6-14(20,10-16)9-15(2)3/h12,20H,4-10H2,1-3H3/t12-,14-/m0/s1. The molecule has 0 bridgehead atoms. The molecule has 2 atom stereocenters. The number of aliphatic hydroxyl groups is 1. The number of carbonyl (C=O) groups excluding carboxylic acids is 2. The first kappa shape index (κ1) is 15.3. The van der Waals surface area contributed by atoms with Gasteiger partial charge in [0.25, 0.3) is 0 Å². The van der Waals surface area contributed by atoms with Gasteiger partial charge in [-0.15, -0.1) is 0 Å². The Kier molecular flexibility index (Phi) is 4.34. The normalized spacial score (nSPS) is 30.4. The molecular formula is C14H25N3O3. The van der Waals surface area contributed by atoms with Crippen molar-refractivity contribution in [2.45, 2.75) is 37.8 Å². The lowest BCUT2D eigenvalue weighted by Crippen LogP contribution is -2.49. The fourth-order valence-electron chi connectivity index (χ4n) is 3.37. The Labute approximate surface area is 120 Å². The van der Waals surface area contributed by atoms with Crippen molar-refractivity contribution in [3.05, 3.63) is 0 Å². The molecule has 0 aromatic heterocycles. The summed E-state index contributed by atoms with van der Waals surface area (Å²) in [4.78, 5) is 29.4. The summed E-state index contributed by atoms with van der Waals surface area (Å²) in [5, 5.41) is 10.5. The first-order valence-electron chi connectivity index (χ1n) is 7.25. The fraction of sp³-hybridized carbons (Fsp3) is 0.857. The van der Waals surface area contributed by atoms with Crippen molar-refractivity contribution in [2.75, 3.05) is 40.3 Å². The molecule has 0 aliphatic carbocycles. The summed E-state index contributed by atoms with van der Waals surface area (Å²) in [6.45, 7) is 3.68. The molecule has 2 amide bonds. The zero-order chi connectivity index (χ0) is 14.9. The monoisotopic (exact) mass is 283 g/mol. The third-order valence-corrected chi connectivity index (χ3v) is 4.20. The lowest BCUT2D eigenvalue weighted by Gasteiger charge is -2.29. The Morgan fingerprint density at radius 3 is 2.65 bits per heavy atom. The molecule has 0 spiro atoms. The van der Waals surface area contributed by atoms with Gasteiger partial charge >= 0.3 is 0 Å². The highest BCUT2D eigenvalue weighted by Crippen LogP contribution is 2.26. The van der Waals surface area contributed by atoms with Gasteiger partial charge in [0, 0.05) is 26.6 Å². The van der Waals surface area contributed by atoms with Crippen molar-refractivity contribution in [1.82, 2.24) is 14.7 Å². The van der Waals surface area contributed by atoms with Gasteiger partial charge < -0.3 is 19.8 Å². The highest BCUT2D eigenvalue weighted by molar-refractivity contribution is 5.87. The summed E-state index contributed by atoms with van der Waals surface area (Å²) in [6, 6.07) is -0.325. The van der Waals surface area contributed by atoms with Crippen LogP contribution in [-0.4, -0.2) is 83.5 Å². The maximum atomic E-state index is 12.5. The lowest BCUT2D eigenvalue weighted by atomic mass is 10.0. The van der Waals surface area contributed by atoms with Crippen LogP contribution in [0.5, 0.6) is 0 Å². The third kappa shape index (κ3) is 3.12. The van der Waals surface area contributed by atoms with Crippen molar-refractivity contribution in [1.29, 1.82) is 0 Å². The first-order chi connectivity index (χ1) is 9.32. The minimum absolute atomic E-state index is 0.00705. The Morgan fingerprint density at radius 2 is 2.05 bits per heavy atom. The number of hydrogen-bond donors (Lipinski definition) is 1. The summed E-state index contributed by atoms with van der Waals surface area (Å²) in [5.41, 5.74) is -0.821. The zero-order valence-electron chi connectivity index (χ0n) is 12.6. The second-order valence-corrected chi connectivity index (χ2v) is 6.34. The second kappa shape index (κ2) is 5.69. The molecule has 0 saturated carbocycles. The number of hydrogen-bond acceptors (Lipinski definition) is 4. The molecule has 2 fully saturated rings. The summed E-state index contributed by atoms with van der Waals surface area (Å²) >= 11 is 0. The molecule has 6 nitrogen and oxygen atoms in total. The van der Waals surface area contributed by atoms with E-state index in [-0.39, 0.29) is 17.9 Å². The summed E-state index contributed by atoms with van der Waals surface area (Å²) in [7, 11) is 3.83. The number of amides is 2. The van der Waals surface area contributed by atoms with Crippen LogP contribution >= 0.6 is 0 Å². The van der Waals surface area contributed by atoms with Crippen LogP contribution in [-0.2, 0) is 9.59 Å². The minimum atomic E-state index is -0.821. The van der Waals surface area contributed by atoms with E-state index < -0.39 is 5.60 Å². The van der Waals surface area contributed by atoms with Crippen LogP contribution in [0.2, 0.25) is 0 Å². The molecule has 0 unspecified atom stereocenters. The highest BCUT2D eigenvalue weighted by Gasteiger charge is 2.42. The molecule has 0 radical (unpaired) electrons. The molecule has 20 heavy (non-hydrogen) atoms. The number of rotatable bonds is 3. The van der Waals surface area contributed by atoms with E-state index in [1.54, 1.807) is 9.80 Å². The van der Waals surface area contributed by atoms with E-state index in [0.29, 0.717) is 32.6 Å². The van der Waals surface area contributed by atoms with E-state index in [2.05, 4.69) is 0 Å². The molecule has 2 aliphatic heterocycles. The molecular weight excluding hydrogens is 258 g/mol. The van der Waals surface area contributed by atoms with Gasteiger partial charge in [0.15, 0.2) is 0 Å². The largest absolute Gasteiger partial charge is 0.387 e. The lowest BCUT2D eigenvalue weighted by molar-refractivity contribution is -0.142. The SMILES string of the molecule is CC(=O)N1CCC[C@H]1C(=O)N1CC[C@](O)(CN(C)C)C1. The van der Waals surface area contributed by atoms with E-state index in [9.17, 15) is 14.7 Å². The predicted molar refractivity (Wildman–Crippen MR) is 75.1 cm³/mol. The van der Waals surface area contributed by atoms with Crippen molar-refractivity contribution in [3.8, 4) is 0 Å². The zero-order valence-corrected chi connectivity index (χ0v) is 12.6. The maximum Gasteiger partial charge on any atom is 0.245 e. The summed E-state index contributed by atoms with van der Waals surface area (Å²) in [6.07, 6.45) is 2.22. The van der Waals surface area contributed by atoms with Gasteiger partial charge in [-0.25, -0.2) is 0 Å². The van der Waals surface area contributed by atoms with Crippen LogP contribution in [0.15, 0.2) is 0 Å². The smallest absolute Gasteiger partial charge is 0.245 e. The van der Waals surface area contributed by atoms with Gasteiger partial charge in [0.05, 0.1) is 12.1 Å². The molecule has 2 saturated heterocycles. The van der Waals surface area contributed by atoms with E-state index in [4.69, 9.17) is 0 Å². The molecule has 114 valence electrons.